The topological polar surface area (TPSA) is 84.3 Å². The maximum absolute atomic E-state index is 12.4. The van der Waals surface area contributed by atoms with E-state index in [1.54, 1.807) is 0 Å². The molecular weight excluding hydrogens is 352 g/mol. The molecule has 1 aromatic carbocycles. The zero-order valence-electron chi connectivity index (χ0n) is 15.1. The predicted octanol–water partition coefficient (Wildman–Crippen LogP) is 0.954. The number of fused-ring (bicyclic) bond motifs is 1. The van der Waals surface area contributed by atoms with E-state index >= 15 is 0 Å². The summed E-state index contributed by atoms with van der Waals surface area (Å²) in [6.07, 6.45) is 2.76. The van der Waals surface area contributed by atoms with Crippen LogP contribution in [-0.4, -0.2) is 54.9 Å². The molecule has 0 saturated heterocycles. The van der Waals surface area contributed by atoms with Crippen LogP contribution in [0.15, 0.2) is 30.3 Å². The molecule has 2 heterocycles. The highest BCUT2D eigenvalue weighted by molar-refractivity contribution is 7.88. The van der Waals surface area contributed by atoms with E-state index in [9.17, 15) is 13.2 Å². The van der Waals surface area contributed by atoms with E-state index in [1.165, 1.54) is 5.56 Å². The summed E-state index contributed by atoms with van der Waals surface area (Å²) >= 11 is 0. The summed E-state index contributed by atoms with van der Waals surface area (Å²) in [5.74, 6) is -0.0248. The number of amides is 1. The van der Waals surface area contributed by atoms with Crippen molar-refractivity contribution in [1.82, 2.24) is 19.4 Å². The third-order valence-electron chi connectivity index (χ3n) is 4.63. The molecule has 1 aliphatic heterocycles. The van der Waals surface area contributed by atoms with Gasteiger partial charge in [0.25, 0.3) is 0 Å². The number of carbonyl (C=O) groups is 1. The van der Waals surface area contributed by atoms with Crippen LogP contribution in [0.4, 0.5) is 0 Å². The van der Waals surface area contributed by atoms with E-state index in [0.29, 0.717) is 13.1 Å². The van der Waals surface area contributed by atoms with Gasteiger partial charge in [0.15, 0.2) is 0 Å². The minimum atomic E-state index is -3.27. The van der Waals surface area contributed by atoms with E-state index < -0.39 is 10.0 Å². The Bertz CT molecular complexity index is 891. The largest absolute Gasteiger partial charge is 0.342 e. The molecule has 8 heteroatoms. The highest BCUT2D eigenvalue weighted by atomic mass is 32.2. The molecule has 2 aromatic rings. The molecular formula is C18H24N4O3S. The SMILES string of the molecule is Cn1nc(-c2ccccc2)c2c1CCN(C(=O)CCNS(C)(=O)=O)CC2. The molecule has 0 atom stereocenters. The van der Waals surface area contributed by atoms with Gasteiger partial charge in [-0.1, -0.05) is 30.3 Å². The number of rotatable bonds is 5. The van der Waals surface area contributed by atoms with Gasteiger partial charge in [0.1, 0.15) is 0 Å². The molecule has 1 amide bonds. The van der Waals surface area contributed by atoms with Gasteiger partial charge in [-0.15, -0.1) is 0 Å². The number of nitrogens with zero attached hydrogens (tertiary/aromatic N) is 3. The lowest BCUT2D eigenvalue weighted by Crippen LogP contribution is -2.36. The molecule has 0 spiro atoms. The van der Waals surface area contributed by atoms with Crippen LogP contribution in [0.5, 0.6) is 0 Å². The Hall–Kier alpha value is -2.19. The second kappa shape index (κ2) is 7.59. The van der Waals surface area contributed by atoms with E-state index in [-0.39, 0.29) is 18.9 Å². The summed E-state index contributed by atoms with van der Waals surface area (Å²) in [6.45, 7) is 1.38. The first-order valence-electron chi connectivity index (χ1n) is 8.68. The van der Waals surface area contributed by atoms with Crippen LogP contribution >= 0.6 is 0 Å². The zero-order valence-corrected chi connectivity index (χ0v) is 15.9. The van der Waals surface area contributed by atoms with Crippen LogP contribution in [0, 0.1) is 0 Å². The van der Waals surface area contributed by atoms with Crippen LogP contribution in [-0.2, 0) is 34.7 Å². The van der Waals surface area contributed by atoms with Gasteiger partial charge in [-0.25, -0.2) is 13.1 Å². The second-order valence-corrected chi connectivity index (χ2v) is 8.39. The highest BCUT2D eigenvalue weighted by Crippen LogP contribution is 2.27. The molecule has 7 nitrogen and oxygen atoms in total. The summed E-state index contributed by atoms with van der Waals surface area (Å²) in [6, 6.07) is 10.1. The lowest BCUT2D eigenvalue weighted by atomic mass is 10.0. The molecule has 0 aliphatic carbocycles. The number of hydrogen-bond acceptors (Lipinski definition) is 4. The maximum Gasteiger partial charge on any atom is 0.223 e. The van der Waals surface area contributed by atoms with E-state index in [4.69, 9.17) is 0 Å². The molecule has 1 aromatic heterocycles. The number of hydrogen-bond donors (Lipinski definition) is 1. The monoisotopic (exact) mass is 376 g/mol. The normalized spacial score (nSPS) is 14.8. The van der Waals surface area contributed by atoms with Crippen molar-refractivity contribution in [2.75, 3.05) is 25.9 Å². The average Bonchev–Trinajstić information content (AvgIpc) is 2.77. The molecule has 3 rings (SSSR count). The van der Waals surface area contributed by atoms with Crippen molar-refractivity contribution < 1.29 is 13.2 Å². The van der Waals surface area contributed by atoms with Crippen molar-refractivity contribution in [3.63, 3.8) is 0 Å². The number of sulfonamides is 1. The van der Waals surface area contributed by atoms with E-state index in [0.717, 1.165) is 36.0 Å². The van der Waals surface area contributed by atoms with Gasteiger partial charge in [-0.05, 0) is 6.42 Å². The number of nitrogens with one attached hydrogen (secondary N) is 1. The van der Waals surface area contributed by atoms with E-state index in [2.05, 4.69) is 9.82 Å². The Morgan fingerprint density at radius 2 is 1.88 bits per heavy atom. The van der Waals surface area contributed by atoms with Crippen molar-refractivity contribution in [3.8, 4) is 11.3 Å². The van der Waals surface area contributed by atoms with Crippen molar-refractivity contribution in [1.29, 1.82) is 0 Å². The first-order valence-corrected chi connectivity index (χ1v) is 10.6. The Balaban J connectivity index is 1.70. The predicted molar refractivity (Wildman–Crippen MR) is 100 cm³/mol. The molecule has 0 fully saturated rings. The fourth-order valence-electron chi connectivity index (χ4n) is 3.36. The minimum Gasteiger partial charge on any atom is -0.342 e. The third-order valence-corrected chi connectivity index (χ3v) is 5.36. The molecule has 0 radical (unpaired) electrons. The summed E-state index contributed by atoms with van der Waals surface area (Å²) in [5.41, 5.74) is 4.43. The summed E-state index contributed by atoms with van der Waals surface area (Å²) in [5, 5.41) is 4.69. The van der Waals surface area contributed by atoms with Gasteiger partial charge in [0, 0.05) is 56.3 Å². The minimum absolute atomic E-state index is 0.0248. The number of aromatic nitrogens is 2. The van der Waals surface area contributed by atoms with E-state index in [1.807, 2.05) is 47.0 Å². The molecule has 0 bridgehead atoms. The van der Waals surface area contributed by atoms with Crippen LogP contribution in [0.1, 0.15) is 17.7 Å². The average molecular weight is 376 g/mol. The summed E-state index contributed by atoms with van der Waals surface area (Å²) < 4.78 is 26.5. The van der Waals surface area contributed by atoms with Crippen molar-refractivity contribution in [3.05, 3.63) is 41.6 Å². The quantitative estimate of drug-likeness (QED) is 0.842. The molecule has 26 heavy (non-hydrogen) atoms. The molecule has 0 saturated carbocycles. The molecule has 1 aliphatic rings. The van der Waals surface area contributed by atoms with Gasteiger partial charge >= 0.3 is 0 Å². The molecule has 1 N–H and O–H groups in total. The van der Waals surface area contributed by atoms with Crippen LogP contribution < -0.4 is 4.72 Å². The number of carbonyl (C=O) groups excluding carboxylic acids is 1. The van der Waals surface area contributed by atoms with Crippen molar-refractivity contribution >= 4 is 15.9 Å². The fourth-order valence-corrected chi connectivity index (χ4v) is 3.83. The lowest BCUT2D eigenvalue weighted by molar-refractivity contribution is -0.130. The molecule has 0 unspecified atom stereocenters. The summed E-state index contributed by atoms with van der Waals surface area (Å²) in [4.78, 5) is 14.2. The van der Waals surface area contributed by atoms with Crippen LogP contribution in [0.25, 0.3) is 11.3 Å². The smallest absolute Gasteiger partial charge is 0.223 e. The second-order valence-electron chi connectivity index (χ2n) is 6.56. The standard InChI is InChI=1S/C18H24N4O3S/c1-21-16-10-13-22(17(23)8-11-19-26(2,24)25)12-9-15(16)18(20-21)14-6-4-3-5-7-14/h3-7,19H,8-13H2,1-2H3. The lowest BCUT2D eigenvalue weighted by Gasteiger charge is -2.20. The van der Waals surface area contributed by atoms with Gasteiger partial charge in [-0.2, -0.15) is 5.10 Å². The van der Waals surface area contributed by atoms with Crippen molar-refractivity contribution in [2.24, 2.45) is 7.05 Å². The van der Waals surface area contributed by atoms with Gasteiger partial charge in [0.05, 0.1) is 11.9 Å². The van der Waals surface area contributed by atoms with Gasteiger partial charge < -0.3 is 4.90 Å². The third kappa shape index (κ3) is 4.31. The maximum atomic E-state index is 12.4. The number of aryl methyl sites for hydroxylation is 1. The van der Waals surface area contributed by atoms with Crippen LogP contribution in [0.3, 0.4) is 0 Å². The Labute approximate surface area is 154 Å². The number of benzene rings is 1. The first-order chi connectivity index (χ1) is 12.3. The molecule has 140 valence electrons. The Morgan fingerprint density at radius 1 is 1.19 bits per heavy atom. The van der Waals surface area contributed by atoms with Gasteiger partial charge in [-0.3, -0.25) is 9.48 Å². The zero-order chi connectivity index (χ0) is 18.7. The van der Waals surface area contributed by atoms with Crippen molar-refractivity contribution in [2.45, 2.75) is 19.3 Å². The first kappa shape index (κ1) is 18.6. The fraction of sp³-hybridized carbons (Fsp3) is 0.444. The highest BCUT2D eigenvalue weighted by Gasteiger charge is 2.24. The van der Waals surface area contributed by atoms with Crippen LogP contribution in [0.2, 0.25) is 0 Å². The Morgan fingerprint density at radius 3 is 2.58 bits per heavy atom. The van der Waals surface area contributed by atoms with Gasteiger partial charge in [0.2, 0.25) is 15.9 Å². The Kier molecular flexibility index (Phi) is 5.43. The summed E-state index contributed by atoms with van der Waals surface area (Å²) in [7, 11) is -1.32.